The molecule has 0 aromatic rings. The summed E-state index contributed by atoms with van der Waals surface area (Å²) in [7, 11) is -9.89. The van der Waals surface area contributed by atoms with Crippen LogP contribution >= 0.6 is 15.6 Å². The number of hydrogen-bond donors (Lipinski definition) is 3. The number of rotatable bonds is 67. The van der Waals surface area contributed by atoms with Crippen LogP contribution in [0.1, 0.15) is 343 Å². The molecule has 0 radical (unpaired) electrons. The molecule has 0 bridgehead atoms. The summed E-state index contributed by atoms with van der Waals surface area (Å²) in [6.07, 6.45) is 45.9. The van der Waals surface area contributed by atoms with Crippen molar-refractivity contribution in [3.8, 4) is 0 Å². The van der Waals surface area contributed by atoms with Gasteiger partial charge >= 0.3 is 39.5 Å². The lowest BCUT2D eigenvalue weighted by molar-refractivity contribution is -0.161. The Hall–Kier alpha value is -1.94. The summed E-state index contributed by atoms with van der Waals surface area (Å²) in [5.74, 6) is -1.41. The van der Waals surface area contributed by atoms with Crippen LogP contribution < -0.4 is 0 Å². The van der Waals surface area contributed by atoms with Gasteiger partial charge in [0.25, 0.3) is 0 Å². The van der Waals surface area contributed by atoms with Gasteiger partial charge in [0, 0.05) is 25.7 Å². The molecule has 0 aliphatic carbocycles. The maximum absolute atomic E-state index is 13.0. The quantitative estimate of drug-likeness (QED) is 0.0222. The lowest BCUT2D eigenvalue weighted by Gasteiger charge is -2.21. The number of unbranched alkanes of at least 4 members (excludes halogenated alkanes) is 38. The number of carbonyl (C=O) groups excluding carboxylic acids is 4. The van der Waals surface area contributed by atoms with Crippen molar-refractivity contribution >= 4 is 39.5 Å². The Morgan fingerprint density at radius 2 is 0.558 bits per heavy atom. The maximum atomic E-state index is 13.0. The zero-order chi connectivity index (χ0) is 63.5. The molecule has 510 valence electrons. The summed E-state index contributed by atoms with van der Waals surface area (Å²) in [4.78, 5) is 72.3. The molecule has 0 aliphatic rings. The first-order valence-electron chi connectivity index (χ1n) is 35.2. The van der Waals surface area contributed by atoms with Gasteiger partial charge in [0.05, 0.1) is 26.4 Å². The number of phosphoric ester groups is 2. The summed E-state index contributed by atoms with van der Waals surface area (Å²) < 4.78 is 68.1. The van der Waals surface area contributed by atoms with E-state index >= 15 is 0 Å². The van der Waals surface area contributed by atoms with Gasteiger partial charge in [-0.15, -0.1) is 0 Å². The van der Waals surface area contributed by atoms with Crippen LogP contribution in [0.3, 0.4) is 0 Å². The number of hydrogen-bond acceptors (Lipinski definition) is 15. The van der Waals surface area contributed by atoms with Gasteiger partial charge in [-0.05, 0) is 31.6 Å². The van der Waals surface area contributed by atoms with Crippen LogP contribution in [0.4, 0.5) is 0 Å². The molecule has 17 nitrogen and oxygen atoms in total. The van der Waals surface area contributed by atoms with Crippen LogP contribution in [0.5, 0.6) is 0 Å². The summed E-state index contributed by atoms with van der Waals surface area (Å²) in [6, 6.07) is 0. The Morgan fingerprint density at radius 3 is 0.826 bits per heavy atom. The Morgan fingerprint density at radius 1 is 0.326 bits per heavy atom. The van der Waals surface area contributed by atoms with E-state index in [2.05, 4.69) is 34.6 Å². The SMILES string of the molecule is CCCCCCCCCCCCCCCCCCCC(=O)O[C@H](COC(=O)CCCCCCCCCCCCC)COP(=O)(O)OC[C@@H](O)COP(=O)(O)OC[C@@H](COC(=O)CCCCCCCCCC)OC(=O)CCCCCCCCC(C)CC. The predicted octanol–water partition coefficient (Wildman–Crippen LogP) is 19.0. The van der Waals surface area contributed by atoms with E-state index in [1.807, 2.05) is 0 Å². The van der Waals surface area contributed by atoms with E-state index in [-0.39, 0.29) is 25.7 Å². The molecule has 0 saturated carbocycles. The minimum Gasteiger partial charge on any atom is -0.462 e. The highest BCUT2D eigenvalue weighted by Crippen LogP contribution is 2.45. The second-order valence-corrected chi connectivity index (χ2v) is 27.4. The normalized spacial score (nSPS) is 14.5. The van der Waals surface area contributed by atoms with Crippen molar-refractivity contribution < 1.29 is 80.2 Å². The smallest absolute Gasteiger partial charge is 0.462 e. The van der Waals surface area contributed by atoms with E-state index in [0.29, 0.717) is 25.7 Å². The molecule has 3 N–H and O–H groups in total. The minimum absolute atomic E-state index is 0.103. The van der Waals surface area contributed by atoms with Crippen LogP contribution in [0.15, 0.2) is 0 Å². The standard InChI is InChI=1S/C67H130O17P2/c1-6-10-13-16-19-22-24-25-26-27-28-29-31-33-36-42-47-52-66(71)83-62(56-78-65(70)51-46-41-35-32-30-23-20-17-14-11-7-2)58-81-85(73,74)79-54-61(68)55-80-86(75,76)82-59-63(57-77-64(69)50-45-40-34-21-18-15-12-8-3)84-67(72)53-48-43-38-37-39-44-49-60(5)9-4/h60-63,68H,6-59H2,1-5H3,(H,73,74)(H,75,76)/t60?,61-,62-,63-/m1/s1. The van der Waals surface area contributed by atoms with Crippen molar-refractivity contribution in [3.05, 3.63) is 0 Å². The fourth-order valence-corrected chi connectivity index (χ4v) is 11.7. The van der Waals surface area contributed by atoms with Gasteiger partial charge in [-0.3, -0.25) is 37.3 Å². The first-order chi connectivity index (χ1) is 41.6. The third kappa shape index (κ3) is 59.7. The highest BCUT2D eigenvalue weighted by molar-refractivity contribution is 7.47. The molecule has 0 fully saturated rings. The van der Waals surface area contributed by atoms with Gasteiger partial charge in [-0.25, -0.2) is 9.13 Å². The Kier molecular flexibility index (Phi) is 59.2. The first kappa shape index (κ1) is 84.1. The number of esters is 4. The van der Waals surface area contributed by atoms with Crippen LogP contribution in [-0.4, -0.2) is 96.7 Å². The Labute approximate surface area is 524 Å². The molecule has 19 heteroatoms. The molecule has 0 saturated heterocycles. The third-order valence-corrected chi connectivity index (χ3v) is 17.8. The van der Waals surface area contributed by atoms with E-state index < -0.39 is 97.5 Å². The third-order valence-electron chi connectivity index (χ3n) is 15.9. The summed E-state index contributed by atoms with van der Waals surface area (Å²) >= 11 is 0. The average molecular weight is 1270 g/mol. The molecule has 6 atom stereocenters. The number of ether oxygens (including phenoxy) is 4. The molecule has 86 heavy (non-hydrogen) atoms. The molecule has 0 spiro atoms. The van der Waals surface area contributed by atoms with Crippen molar-refractivity contribution in [2.75, 3.05) is 39.6 Å². The van der Waals surface area contributed by atoms with Crippen molar-refractivity contribution in [3.63, 3.8) is 0 Å². The lowest BCUT2D eigenvalue weighted by Crippen LogP contribution is -2.30. The van der Waals surface area contributed by atoms with Crippen molar-refractivity contribution in [2.45, 2.75) is 361 Å². The minimum atomic E-state index is -4.95. The van der Waals surface area contributed by atoms with Crippen molar-refractivity contribution in [1.29, 1.82) is 0 Å². The monoisotopic (exact) mass is 1270 g/mol. The summed E-state index contributed by atoms with van der Waals surface area (Å²) in [6.45, 7) is 7.15. The molecular weight excluding hydrogens is 1140 g/mol. The number of aliphatic hydroxyl groups is 1. The van der Waals surface area contributed by atoms with Crippen LogP contribution in [0, 0.1) is 5.92 Å². The zero-order valence-electron chi connectivity index (χ0n) is 55.4. The Bertz CT molecular complexity index is 1670. The van der Waals surface area contributed by atoms with Crippen LogP contribution in [0.2, 0.25) is 0 Å². The average Bonchev–Trinajstić information content (AvgIpc) is 3.70. The maximum Gasteiger partial charge on any atom is 0.472 e. The van der Waals surface area contributed by atoms with Crippen molar-refractivity contribution in [1.82, 2.24) is 0 Å². The van der Waals surface area contributed by atoms with Crippen LogP contribution in [-0.2, 0) is 65.4 Å². The highest BCUT2D eigenvalue weighted by atomic mass is 31.2. The fourth-order valence-electron chi connectivity index (χ4n) is 10.1. The first-order valence-corrected chi connectivity index (χ1v) is 38.2. The van der Waals surface area contributed by atoms with E-state index in [1.54, 1.807) is 0 Å². The molecule has 0 heterocycles. The topological polar surface area (TPSA) is 237 Å². The number of phosphoric acid groups is 2. The largest absolute Gasteiger partial charge is 0.472 e. The highest BCUT2D eigenvalue weighted by Gasteiger charge is 2.30. The number of aliphatic hydroxyl groups excluding tert-OH is 1. The van der Waals surface area contributed by atoms with Crippen LogP contribution in [0.25, 0.3) is 0 Å². The molecule has 0 amide bonds. The summed E-state index contributed by atoms with van der Waals surface area (Å²) in [5.41, 5.74) is 0. The molecule has 3 unspecified atom stereocenters. The second kappa shape index (κ2) is 60.6. The molecule has 0 rings (SSSR count). The van der Waals surface area contributed by atoms with E-state index in [1.165, 1.54) is 161 Å². The fraction of sp³-hybridized carbons (Fsp3) is 0.940. The lowest BCUT2D eigenvalue weighted by atomic mass is 10.00. The van der Waals surface area contributed by atoms with Gasteiger partial charge in [-0.1, -0.05) is 291 Å². The van der Waals surface area contributed by atoms with E-state index in [0.717, 1.165) is 102 Å². The zero-order valence-corrected chi connectivity index (χ0v) is 57.2. The van der Waals surface area contributed by atoms with E-state index in [9.17, 15) is 43.2 Å². The molecule has 0 aromatic carbocycles. The molecule has 0 aromatic heterocycles. The summed E-state index contributed by atoms with van der Waals surface area (Å²) in [5, 5.41) is 10.5. The van der Waals surface area contributed by atoms with Gasteiger partial charge in [0.1, 0.15) is 19.3 Å². The predicted molar refractivity (Wildman–Crippen MR) is 345 cm³/mol. The van der Waals surface area contributed by atoms with E-state index in [4.69, 9.17) is 37.0 Å². The van der Waals surface area contributed by atoms with Gasteiger partial charge in [0.2, 0.25) is 0 Å². The van der Waals surface area contributed by atoms with Gasteiger partial charge in [-0.2, -0.15) is 0 Å². The van der Waals surface area contributed by atoms with Gasteiger partial charge < -0.3 is 33.8 Å². The number of carbonyl (C=O) groups is 4. The Balaban J connectivity index is 5.20. The van der Waals surface area contributed by atoms with Crippen molar-refractivity contribution in [2.24, 2.45) is 5.92 Å². The van der Waals surface area contributed by atoms with Gasteiger partial charge in [0.15, 0.2) is 12.2 Å². The second-order valence-electron chi connectivity index (χ2n) is 24.5. The molecule has 0 aliphatic heterocycles. The molecular formula is C67H130O17P2.